The summed E-state index contributed by atoms with van der Waals surface area (Å²) in [6.45, 7) is 6.38. The number of nitrogens with zero attached hydrogens (tertiary/aromatic N) is 1. The van der Waals surface area contributed by atoms with Gasteiger partial charge in [-0.1, -0.05) is 32.0 Å². The molecule has 2 heteroatoms. The van der Waals surface area contributed by atoms with Crippen LogP contribution in [0.4, 0.5) is 0 Å². The Balaban J connectivity index is 2.47. The lowest BCUT2D eigenvalue weighted by Crippen LogP contribution is -2.05. The minimum absolute atomic E-state index is 0.830. The number of fused-ring (bicyclic) bond motifs is 1. The van der Waals surface area contributed by atoms with Gasteiger partial charge in [-0.3, -0.25) is 0 Å². The number of hydrogen-bond donors (Lipinski definition) is 0. The van der Waals surface area contributed by atoms with E-state index in [1.165, 1.54) is 22.2 Å². The second-order valence-electron chi connectivity index (χ2n) is 4.65. The molecule has 0 N–H and O–H groups in total. The van der Waals surface area contributed by atoms with Crippen LogP contribution in [-0.4, -0.2) is 18.3 Å². The Morgan fingerprint density at radius 2 is 1.89 bits per heavy atom. The predicted octanol–water partition coefficient (Wildman–Crippen LogP) is 3.80. The lowest BCUT2D eigenvalue weighted by Gasteiger charge is -2.10. The first-order valence-electron chi connectivity index (χ1n) is 6.91. The molecule has 98 valence electrons. The van der Waals surface area contributed by atoms with E-state index in [1.807, 2.05) is 0 Å². The summed E-state index contributed by atoms with van der Waals surface area (Å²) in [5, 5.41) is 1.43. The zero-order valence-electron chi connectivity index (χ0n) is 11.7. The summed E-state index contributed by atoms with van der Waals surface area (Å²) in [5.41, 5.74) is 4.39. The third-order valence-electron chi connectivity index (χ3n) is 3.61. The van der Waals surface area contributed by atoms with Gasteiger partial charge in [-0.2, -0.15) is 0 Å². The van der Waals surface area contributed by atoms with Crippen LogP contribution in [-0.2, 0) is 24.1 Å². The molecule has 0 aliphatic carbocycles. The zero-order chi connectivity index (χ0) is 13.0. The van der Waals surface area contributed by atoms with Gasteiger partial charge in [0.2, 0.25) is 0 Å². The summed E-state index contributed by atoms with van der Waals surface area (Å²) in [5.74, 6) is 0. The fraction of sp³-hybridized carbons (Fsp3) is 0.500. The predicted molar refractivity (Wildman–Crippen MR) is 77.2 cm³/mol. The fourth-order valence-corrected chi connectivity index (χ4v) is 2.85. The molecule has 0 atom stereocenters. The molecule has 1 aromatic heterocycles. The highest BCUT2D eigenvalue weighted by Crippen LogP contribution is 2.27. The van der Waals surface area contributed by atoms with Crippen molar-refractivity contribution in [3.8, 4) is 0 Å². The Hall–Kier alpha value is -1.28. The summed E-state index contributed by atoms with van der Waals surface area (Å²) in [4.78, 5) is 0. The molecule has 0 aliphatic heterocycles. The van der Waals surface area contributed by atoms with E-state index in [0.29, 0.717) is 0 Å². The quantitative estimate of drug-likeness (QED) is 0.706. The average molecular weight is 245 g/mol. The molecule has 2 rings (SSSR count). The van der Waals surface area contributed by atoms with Crippen LogP contribution < -0.4 is 0 Å². The zero-order valence-corrected chi connectivity index (χ0v) is 11.7. The van der Waals surface area contributed by atoms with Gasteiger partial charge in [-0.15, -0.1) is 0 Å². The van der Waals surface area contributed by atoms with Crippen molar-refractivity contribution in [3.05, 3.63) is 35.5 Å². The van der Waals surface area contributed by atoms with Gasteiger partial charge in [0.25, 0.3) is 0 Å². The maximum Gasteiger partial charge on any atom is 0.0485 e. The molecule has 0 spiro atoms. The fourth-order valence-electron chi connectivity index (χ4n) is 2.85. The standard InChI is InChI=1S/C16H23NO/c1-4-13-14-9-6-7-10-16(14)17(15(13)5-2)11-8-12-18-3/h6-7,9-10H,4-5,8,11-12H2,1-3H3. The number of para-hydroxylation sites is 1. The number of benzene rings is 1. The first kappa shape index (κ1) is 13.2. The number of ether oxygens (including phenoxy) is 1. The van der Waals surface area contributed by atoms with Crippen LogP contribution in [0.5, 0.6) is 0 Å². The van der Waals surface area contributed by atoms with Gasteiger partial charge in [-0.25, -0.2) is 0 Å². The average Bonchev–Trinajstić information content (AvgIpc) is 2.72. The van der Waals surface area contributed by atoms with Crippen molar-refractivity contribution in [3.63, 3.8) is 0 Å². The topological polar surface area (TPSA) is 14.2 Å². The Labute approximate surface area is 110 Å². The van der Waals surface area contributed by atoms with E-state index in [0.717, 1.165) is 32.4 Å². The first-order valence-corrected chi connectivity index (χ1v) is 6.91. The van der Waals surface area contributed by atoms with E-state index >= 15 is 0 Å². The molecule has 0 bridgehead atoms. The molecule has 0 amide bonds. The van der Waals surface area contributed by atoms with E-state index in [-0.39, 0.29) is 0 Å². The monoisotopic (exact) mass is 245 g/mol. The van der Waals surface area contributed by atoms with Gasteiger partial charge in [0.1, 0.15) is 0 Å². The molecule has 0 aliphatic rings. The SMILES string of the molecule is CCc1c(CC)n(CCCOC)c2ccccc12. The van der Waals surface area contributed by atoms with Gasteiger partial charge < -0.3 is 9.30 Å². The Bertz CT molecular complexity index is 513. The third-order valence-corrected chi connectivity index (χ3v) is 3.61. The summed E-state index contributed by atoms with van der Waals surface area (Å²) < 4.78 is 7.65. The normalized spacial score (nSPS) is 11.3. The summed E-state index contributed by atoms with van der Waals surface area (Å²) in [7, 11) is 1.77. The second kappa shape index (κ2) is 6.05. The highest BCUT2D eigenvalue weighted by Gasteiger charge is 2.13. The highest BCUT2D eigenvalue weighted by molar-refractivity contribution is 5.85. The van der Waals surface area contributed by atoms with Crippen molar-refractivity contribution in [2.45, 2.75) is 39.7 Å². The molecule has 0 fully saturated rings. The second-order valence-corrected chi connectivity index (χ2v) is 4.65. The van der Waals surface area contributed by atoms with Crippen LogP contribution in [0.25, 0.3) is 10.9 Å². The van der Waals surface area contributed by atoms with Crippen molar-refractivity contribution < 1.29 is 4.74 Å². The van der Waals surface area contributed by atoms with Crippen molar-refractivity contribution >= 4 is 10.9 Å². The van der Waals surface area contributed by atoms with Gasteiger partial charge >= 0.3 is 0 Å². The lowest BCUT2D eigenvalue weighted by atomic mass is 10.1. The summed E-state index contributed by atoms with van der Waals surface area (Å²) >= 11 is 0. The maximum absolute atomic E-state index is 5.17. The van der Waals surface area contributed by atoms with Crippen LogP contribution in [0.15, 0.2) is 24.3 Å². The number of hydrogen-bond acceptors (Lipinski definition) is 1. The van der Waals surface area contributed by atoms with Crippen molar-refractivity contribution in [1.29, 1.82) is 0 Å². The van der Waals surface area contributed by atoms with E-state index < -0.39 is 0 Å². The van der Waals surface area contributed by atoms with E-state index in [4.69, 9.17) is 4.74 Å². The number of aryl methyl sites for hydroxylation is 2. The van der Waals surface area contributed by atoms with Gasteiger partial charge in [0, 0.05) is 36.9 Å². The number of rotatable bonds is 6. The molecule has 0 radical (unpaired) electrons. The van der Waals surface area contributed by atoms with E-state index in [1.54, 1.807) is 7.11 Å². The minimum atomic E-state index is 0.830. The van der Waals surface area contributed by atoms with Crippen LogP contribution in [0.3, 0.4) is 0 Å². The number of aromatic nitrogens is 1. The molecule has 2 aromatic rings. The lowest BCUT2D eigenvalue weighted by molar-refractivity contribution is 0.190. The first-order chi connectivity index (χ1) is 8.83. The summed E-state index contributed by atoms with van der Waals surface area (Å²) in [6, 6.07) is 8.76. The molecular formula is C16H23NO. The molecular weight excluding hydrogens is 222 g/mol. The van der Waals surface area contributed by atoms with E-state index in [9.17, 15) is 0 Å². The van der Waals surface area contributed by atoms with Crippen LogP contribution >= 0.6 is 0 Å². The van der Waals surface area contributed by atoms with Gasteiger partial charge in [0.05, 0.1) is 0 Å². The highest BCUT2D eigenvalue weighted by atomic mass is 16.5. The molecule has 1 aromatic carbocycles. The van der Waals surface area contributed by atoms with Crippen LogP contribution in [0.2, 0.25) is 0 Å². The molecule has 0 unspecified atom stereocenters. The Morgan fingerprint density at radius 3 is 2.56 bits per heavy atom. The van der Waals surface area contributed by atoms with Gasteiger partial charge in [-0.05, 0) is 30.9 Å². The Kier molecular flexibility index (Phi) is 4.43. The van der Waals surface area contributed by atoms with Crippen LogP contribution in [0.1, 0.15) is 31.5 Å². The summed E-state index contributed by atoms with van der Waals surface area (Å²) in [6.07, 6.45) is 3.29. The smallest absolute Gasteiger partial charge is 0.0485 e. The van der Waals surface area contributed by atoms with Crippen LogP contribution in [0, 0.1) is 0 Å². The molecule has 18 heavy (non-hydrogen) atoms. The van der Waals surface area contributed by atoms with Crippen molar-refractivity contribution in [2.24, 2.45) is 0 Å². The number of methoxy groups -OCH3 is 1. The third kappa shape index (κ3) is 2.30. The molecule has 2 nitrogen and oxygen atoms in total. The van der Waals surface area contributed by atoms with E-state index in [2.05, 4.69) is 42.7 Å². The Morgan fingerprint density at radius 1 is 1.11 bits per heavy atom. The maximum atomic E-state index is 5.17. The molecule has 0 saturated carbocycles. The largest absolute Gasteiger partial charge is 0.385 e. The molecule has 1 heterocycles. The molecule has 0 saturated heterocycles. The van der Waals surface area contributed by atoms with Crippen molar-refractivity contribution in [2.75, 3.05) is 13.7 Å². The van der Waals surface area contributed by atoms with Crippen molar-refractivity contribution in [1.82, 2.24) is 4.57 Å². The van der Waals surface area contributed by atoms with Gasteiger partial charge in [0.15, 0.2) is 0 Å². The minimum Gasteiger partial charge on any atom is -0.385 e.